The zero-order valence-corrected chi connectivity index (χ0v) is 18.3. The molecule has 1 fully saturated rings. The van der Waals surface area contributed by atoms with E-state index in [9.17, 15) is 9.59 Å². The van der Waals surface area contributed by atoms with Crippen molar-refractivity contribution < 1.29 is 9.59 Å². The Bertz CT molecular complexity index is 1150. The van der Waals surface area contributed by atoms with E-state index in [1.165, 1.54) is 16.3 Å². The van der Waals surface area contributed by atoms with Crippen molar-refractivity contribution in [3.05, 3.63) is 72.3 Å². The van der Waals surface area contributed by atoms with Gasteiger partial charge in [-0.25, -0.2) is 0 Å². The number of para-hydroxylation sites is 2. The quantitative estimate of drug-likeness (QED) is 0.693. The van der Waals surface area contributed by atoms with Gasteiger partial charge in [-0.15, -0.1) is 0 Å². The van der Waals surface area contributed by atoms with E-state index in [0.717, 1.165) is 38.4 Å². The van der Waals surface area contributed by atoms with Crippen molar-refractivity contribution in [1.82, 2.24) is 9.80 Å². The number of piperazine rings is 1. The number of rotatable bonds is 4. The Labute approximate surface area is 188 Å². The molecule has 1 saturated heterocycles. The van der Waals surface area contributed by atoms with Gasteiger partial charge in [0.15, 0.2) is 0 Å². The second-order valence-corrected chi connectivity index (χ2v) is 8.62. The number of amides is 2. The summed E-state index contributed by atoms with van der Waals surface area (Å²) in [7, 11) is 0. The van der Waals surface area contributed by atoms with E-state index in [2.05, 4.69) is 57.6 Å². The third-order valence-electron chi connectivity index (χ3n) is 6.62. The van der Waals surface area contributed by atoms with Gasteiger partial charge in [0.2, 0.25) is 11.8 Å². The van der Waals surface area contributed by atoms with Crippen LogP contribution in [0.4, 0.5) is 11.4 Å². The zero-order chi connectivity index (χ0) is 22.1. The molecule has 2 aliphatic rings. The number of fused-ring (bicyclic) bond motifs is 2. The van der Waals surface area contributed by atoms with Gasteiger partial charge in [-0.3, -0.25) is 24.3 Å². The van der Waals surface area contributed by atoms with Crippen LogP contribution >= 0.6 is 0 Å². The second-order valence-electron chi connectivity index (χ2n) is 8.62. The van der Waals surface area contributed by atoms with Crippen molar-refractivity contribution in [2.24, 2.45) is 0 Å². The summed E-state index contributed by atoms with van der Waals surface area (Å²) in [5, 5.41) is 5.43. The minimum absolute atomic E-state index is 0.0187. The number of hydrogen-bond acceptors (Lipinski definition) is 4. The normalized spacial score (nSPS) is 18.3. The first-order valence-corrected chi connectivity index (χ1v) is 11.2. The minimum Gasteiger partial charge on any atom is -0.323 e. The van der Waals surface area contributed by atoms with Gasteiger partial charge in [0.05, 0.1) is 17.4 Å². The first-order chi connectivity index (χ1) is 15.6. The molecule has 0 spiro atoms. The van der Waals surface area contributed by atoms with E-state index in [1.807, 2.05) is 31.2 Å². The molecule has 164 valence electrons. The largest absolute Gasteiger partial charge is 0.323 e. The minimum atomic E-state index is -0.270. The molecule has 0 unspecified atom stereocenters. The predicted octanol–water partition coefficient (Wildman–Crippen LogP) is 3.33. The summed E-state index contributed by atoms with van der Waals surface area (Å²) in [4.78, 5) is 31.8. The summed E-state index contributed by atoms with van der Waals surface area (Å²) in [5.74, 6) is -0.168. The van der Waals surface area contributed by atoms with Gasteiger partial charge in [-0.05, 0) is 35.4 Å². The number of carbonyl (C=O) groups excluding carboxylic acids is 2. The molecule has 2 amide bonds. The molecule has 0 bridgehead atoms. The van der Waals surface area contributed by atoms with Crippen molar-refractivity contribution in [3.8, 4) is 0 Å². The van der Waals surface area contributed by atoms with E-state index < -0.39 is 0 Å². The molecule has 0 aromatic heterocycles. The number of nitrogens with zero attached hydrogens (tertiary/aromatic N) is 3. The molecular formula is C26H28N4O2. The summed E-state index contributed by atoms with van der Waals surface area (Å²) in [6.07, 6.45) is 0. The lowest BCUT2D eigenvalue weighted by Gasteiger charge is -2.39. The molecule has 6 nitrogen and oxygen atoms in total. The smallest absolute Gasteiger partial charge is 0.244 e. The number of benzene rings is 3. The summed E-state index contributed by atoms with van der Waals surface area (Å²) in [6, 6.07) is 22.2. The molecular weight excluding hydrogens is 400 g/mol. The molecule has 0 aliphatic carbocycles. The molecule has 3 aromatic rings. The maximum atomic E-state index is 13.3. The van der Waals surface area contributed by atoms with Gasteiger partial charge in [-0.2, -0.15) is 0 Å². The number of carbonyl (C=O) groups is 2. The van der Waals surface area contributed by atoms with Crippen LogP contribution in [0.2, 0.25) is 0 Å². The highest BCUT2D eigenvalue weighted by molar-refractivity contribution is 6.11. The lowest BCUT2D eigenvalue weighted by molar-refractivity contribution is -0.126. The summed E-state index contributed by atoms with van der Waals surface area (Å²) < 4.78 is 0. The Morgan fingerprint density at radius 1 is 0.938 bits per heavy atom. The van der Waals surface area contributed by atoms with Crippen LogP contribution in [0.1, 0.15) is 12.5 Å². The number of anilines is 2. The van der Waals surface area contributed by atoms with E-state index in [-0.39, 0.29) is 24.4 Å². The summed E-state index contributed by atoms with van der Waals surface area (Å²) in [6.45, 7) is 6.44. The third kappa shape index (κ3) is 3.99. The zero-order valence-electron chi connectivity index (χ0n) is 18.3. The standard InChI is InChI=1S/C26H28N4O2/c1-19(26(32)30-18-25(31)27-23-11-4-5-12-24(23)30)29-15-13-28(14-16-29)17-21-9-6-8-20-7-2-3-10-22(20)21/h2-12,19H,13-18H2,1H3,(H,27,31)/t19-/m1/s1. The van der Waals surface area contributed by atoms with Crippen LogP contribution in [-0.4, -0.2) is 60.4 Å². The number of hydrogen-bond donors (Lipinski definition) is 1. The lowest BCUT2D eigenvalue weighted by Crippen LogP contribution is -2.56. The molecule has 0 saturated carbocycles. The lowest BCUT2D eigenvalue weighted by atomic mass is 10.0. The van der Waals surface area contributed by atoms with Gasteiger partial charge in [0.1, 0.15) is 6.54 Å². The third-order valence-corrected chi connectivity index (χ3v) is 6.62. The number of nitrogens with one attached hydrogen (secondary N) is 1. The molecule has 1 N–H and O–H groups in total. The average Bonchev–Trinajstić information content (AvgIpc) is 2.83. The fourth-order valence-corrected chi connectivity index (χ4v) is 4.79. The van der Waals surface area contributed by atoms with Gasteiger partial charge >= 0.3 is 0 Å². The van der Waals surface area contributed by atoms with Crippen LogP contribution in [0.25, 0.3) is 10.8 Å². The molecule has 6 heteroatoms. The molecule has 0 radical (unpaired) electrons. The topological polar surface area (TPSA) is 55.9 Å². The molecule has 1 atom stereocenters. The van der Waals surface area contributed by atoms with Crippen LogP contribution in [0.15, 0.2) is 66.7 Å². The SMILES string of the molecule is C[C@H](C(=O)N1CC(=O)Nc2ccccc21)N1CCN(Cc2cccc3ccccc23)CC1. The second kappa shape index (κ2) is 8.73. The van der Waals surface area contributed by atoms with Crippen molar-refractivity contribution in [1.29, 1.82) is 0 Å². The van der Waals surface area contributed by atoms with E-state index in [1.54, 1.807) is 4.90 Å². The Hall–Kier alpha value is -3.22. The van der Waals surface area contributed by atoms with E-state index in [4.69, 9.17) is 0 Å². The average molecular weight is 429 g/mol. The Kier molecular flexibility index (Phi) is 5.64. The highest BCUT2D eigenvalue weighted by atomic mass is 16.2. The Balaban J connectivity index is 1.23. The summed E-state index contributed by atoms with van der Waals surface area (Å²) >= 11 is 0. The molecule has 32 heavy (non-hydrogen) atoms. The van der Waals surface area contributed by atoms with Gasteiger partial charge < -0.3 is 5.32 Å². The fraction of sp³-hybridized carbons (Fsp3) is 0.308. The molecule has 5 rings (SSSR count). The van der Waals surface area contributed by atoms with Gasteiger partial charge in [-0.1, -0.05) is 54.6 Å². The highest BCUT2D eigenvalue weighted by Crippen LogP contribution is 2.30. The molecule has 3 aromatic carbocycles. The van der Waals surface area contributed by atoms with Crippen LogP contribution in [0, 0.1) is 0 Å². The Morgan fingerprint density at radius 3 is 2.50 bits per heavy atom. The van der Waals surface area contributed by atoms with Crippen LogP contribution < -0.4 is 10.2 Å². The first-order valence-electron chi connectivity index (χ1n) is 11.2. The highest BCUT2D eigenvalue weighted by Gasteiger charge is 2.33. The predicted molar refractivity (Wildman–Crippen MR) is 128 cm³/mol. The van der Waals surface area contributed by atoms with Gasteiger partial charge in [0, 0.05) is 32.7 Å². The van der Waals surface area contributed by atoms with E-state index >= 15 is 0 Å². The van der Waals surface area contributed by atoms with Crippen LogP contribution in [0.3, 0.4) is 0 Å². The van der Waals surface area contributed by atoms with E-state index in [0.29, 0.717) is 5.69 Å². The first kappa shape index (κ1) is 20.7. The van der Waals surface area contributed by atoms with Crippen molar-refractivity contribution in [2.75, 3.05) is 42.9 Å². The van der Waals surface area contributed by atoms with Crippen LogP contribution in [-0.2, 0) is 16.1 Å². The van der Waals surface area contributed by atoms with Crippen LogP contribution in [0.5, 0.6) is 0 Å². The van der Waals surface area contributed by atoms with Crippen molar-refractivity contribution >= 4 is 34.0 Å². The molecule has 2 aliphatic heterocycles. The maximum Gasteiger partial charge on any atom is 0.244 e. The summed E-state index contributed by atoms with van der Waals surface area (Å²) in [5.41, 5.74) is 2.82. The monoisotopic (exact) mass is 428 g/mol. The van der Waals surface area contributed by atoms with Crippen molar-refractivity contribution in [2.45, 2.75) is 19.5 Å². The Morgan fingerprint density at radius 2 is 1.66 bits per heavy atom. The fourth-order valence-electron chi connectivity index (χ4n) is 4.79. The maximum absolute atomic E-state index is 13.3. The molecule has 2 heterocycles. The van der Waals surface area contributed by atoms with Gasteiger partial charge in [0.25, 0.3) is 0 Å². The van der Waals surface area contributed by atoms with Crippen molar-refractivity contribution in [3.63, 3.8) is 0 Å².